The average molecular weight is 520 g/mol. The molecule has 2 aliphatic rings. The van der Waals surface area contributed by atoms with E-state index < -0.39 is 21.8 Å². The van der Waals surface area contributed by atoms with Gasteiger partial charge in [0, 0.05) is 43.0 Å². The van der Waals surface area contributed by atoms with Crippen molar-refractivity contribution >= 4 is 33.5 Å². The van der Waals surface area contributed by atoms with Gasteiger partial charge < -0.3 is 4.90 Å². The number of alkyl halides is 3. The van der Waals surface area contributed by atoms with Crippen LogP contribution >= 0.6 is 11.6 Å². The number of nitrogens with one attached hydrogen (secondary N) is 1. The molecule has 1 N–H and O–H groups in total. The predicted octanol–water partition coefficient (Wildman–Crippen LogP) is 3.74. The molecule has 8 nitrogen and oxygen atoms in total. The Labute approximate surface area is 200 Å². The van der Waals surface area contributed by atoms with E-state index in [1.165, 1.54) is 24.4 Å². The number of anilines is 1. The summed E-state index contributed by atoms with van der Waals surface area (Å²) in [6.07, 6.45) is -0.500. The first kappa shape index (κ1) is 24.8. The standard InChI is InChI=1S/C21H25ClF3N5O3S/c1-28(10-15-7-16(22)3-4-18(15)21(23,24)25)17-8-13-11-29(12-14(13)9-17)20(31)30-6-5-19(26-30)27-34(2,32)33/h3-7,13-14,17H,8-12H2,1-2H3,(H,26,27)/t13-,14?,17?/m0/s1. The molecule has 13 heteroatoms. The molecule has 4 rings (SSSR count). The van der Waals surface area contributed by atoms with Gasteiger partial charge in [0.25, 0.3) is 0 Å². The molecule has 2 aromatic rings. The van der Waals surface area contributed by atoms with Crippen LogP contribution in [0.2, 0.25) is 5.02 Å². The van der Waals surface area contributed by atoms with E-state index >= 15 is 0 Å². The number of likely N-dealkylation sites (tertiary alicyclic amines) is 1. The topological polar surface area (TPSA) is 87.5 Å². The minimum absolute atomic E-state index is 0.0659. The number of rotatable bonds is 5. The molecule has 1 aliphatic heterocycles. The molecule has 1 saturated heterocycles. The average Bonchev–Trinajstić information content (AvgIpc) is 3.39. The third-order valence-electron chi connectivity index (χ3n) is 6.49. The lowest BCUT2D eigenvalue weighted by Crippen LogP contribution is -2.36. The highest BCUT2D eigenvalue weighted by Crippen LogP contribution is 2.41. The molecule has 3 atom stereocenters. The first-order valence-corrected chi connectivity index (χ1v) is 13.0. The molecule has 0 spiro atoms. The van der Waals surface area contributed by atoms with E-state index in [0.29, 0.717) is 13.1 Å². The number of hydrogen-bond acceptors (Lipinski definition) is 5. The molecule has 34 heavy (non-hydrogen) atoms. The van der Waals surface area contributed by atoms with Gasteiger partial charge in [0.15, 0.2) is 5.82 Å². The van der Waals surface area contributed by atoms with Crippen LogP contribution in [0.15, 0.2) is 30.5 Å². The monoisotopic (exact) mass is 519 g/mol. The number of carbonyl (C=O) groups excluding carboxylic acids is 1. The van der Waals surface area contributed by atoms with Crippen LogP contribution in [0.5, 0.6) is 0 Å². The molecule has 1 aliphatic carbocycles. The Kier molecular flexibility index (Phi) is 6.60. The summed E-state index contributed by atoms with van der Waals surface area (Å²) in [4.78, 5) is 16.4. The molecule has 1 saturated carbocycles. The highest BCUT2D eigenvalue weighted by Gasteiger charge is 2.44. The number of hydrogen-bond donors (Lipinski definition) is 1. The minimum Gasteiger partial charge on any atom is -0.322 e. The predicted molar refractivity (Wildman–Crippen MR) is 121 cm³/mol. The van der Waals surface area contributed by atoms with Crippen LogP contribution in [0.3, 0.4) is 0 Å². The normalized spacial score (nSPS) is 22.9. The van der Waals surface area contributed by atoms with Crippen molar-refractivity contribution in [1.29, 1.82) is 0 Å². The third-order valence-corrected chi connectivity index (χ3v) is 7.30. The second-order valence-electron chi connectivity index (χ2n) is 9.07. The number of carbonyl (C=O) groups is 1. The van der Waals surface area contributed by atoms with E-state index in [1.807, 2.05) is 11.9 Å². The Hall–Kier alpha value is -2.31. The summed E-state index contributed by atoms with van der Waals surface area (Å²) in [5.41, 5.74) is -0.531. The minimum atomic E-state index is -4.45. The first-order chi connectivity index (χ1) is 15.8. The van der Waals surface area contributed by atoms with E-state index in [9.17, 15) is 26.4 Å². The second-order valence-corrected chi connectivity index (χ2v) is 11.3. The van der Waals surface area contributed by atoms with Gasteiger partial charge in [-0.05, 0) is 55.5 Å². The Balaban J connectivity index is 1.36. The van der Waals surface area contributed by atoms with Crippen LogP contribution in [-0.4, -0.2) is 66.5 Å². The van der Waals surface area contributed by atoms with E-state index in [2.05, 4.69) is 9.82 Å². The summed E-state index contributed by atoms with van der Waals surface area (Å²) in [5.74, 6) is 0.542. The number of benzene rings is 1. The fourth-order valence-electron chi connectivity index (χ4n) is 4.97. The maximum Gasteiger partial charge on any atom is 0.416 e. The number of amides is 1. The zero-order chi connectivity index (χ0) is 24.8. The van der Waals surface area contributed by atoms with Crippen molar-refractivity contribution in [1.82, 2.24) is 19.6 Å². The van der Waals surface area contributed by atoms with Crippen LogP contribution in [0, 0.1) is 11.8 Å². The van der Waals surface area contributed by atoms with Crippen molar-refractivity contribution in [2.45, 2.75) is 31.6 Å². The molecule has 0 radical (unpaired) electrons. The lowest BCUT2D eigenvalue weighted by molar-refractivity contribution is -0.138. The zero-order valence-electron chi connectivity index (χ0n) is 18.6. The Morgan fingerprint density at radius 3 is 2.47 bits per heavy atom. The van der Waals surface area contributed by atoms with Gasteiger partial charge in [0.05, 0.1) is 11.8 Å². The van der Waals surface area contributed by atoms with Crippen LogP contribution < -0.4 is 4.72 Å². The highest BCUT2D eigenvalue weighted by atomic mass is 35.5. The molecule has 1 aromatic heterocycles. The van der Waals surface area contributed by atoms with E-state index in [4.69, 9.17) is 11.6 Å². The second kappa shape index (κ2) is 9.04. The highest BCUT2D eigenvalue weighted by molar-refractivity contribution is 7.92. The summed E-state index contributed by atoms with van der Waals surface area (Å²) in [7, 11) is -1.68. The maximum atomic E-state index is 13.4. The third kappa shape index (κ3) is 5.49. The maximum absolute atomic E-state index is 13.4. The number of fused-ring (bicyclic) bond motifs is 1. The molecule has 2 fully saturated rings. The SMILES string of the molecule is CN(Cc1cc(Cl)ccc1C(F)(F)F)C1CC2CN(C(=O)n3ccc(NS(C)(=O)=O)n3)C[C@@H]2C1. The number of halogens is 4. The smallest absolute Gasteiger partial charge is 0.322 e. The molecular weight excluding hydrogens is 495 g/mol. The molecule has 1 aromatic carbocycles. The molecule has 2 unspecified atom stereocenters. The van der Waals surface area contributed by atoms with Gasteiger partial charge >= 0.3 is 12.2 Å². The molecule has 2 heterocycles. The molecule has 1 amide bonds. The van der Waals surface area contributed by atoms with Crippen molar-refractivity contribution in [2.24, 2.45) is 11.8 Å². The van der Waals surface area contributed by atoms with Crippen molar-refractivity contribution < 1.29 is 26.4 Å². The van der Waals surface area contributed by atoms with Gasteiger partial charge in [0.2, 0.25) is 10.0 Å². The summed E-state index contributed by atoms with van der Waals surface area (Å²) in [5, 5.41) is 4.25. The van der Waals surface area contributed by atoms with Gasteiger partial charge in [-0.2, -0.15) is 17.9 Å². The van der Waals surface area contributed by atoms with Gasteiger partial charge in [-0.25, -0.2) is 13.2 Å². The molecule has 186 valence electrons. The summed E-state index contributed by atoms with van der Waals surface area (Å²) in [6.45, 7) is 1.17. The lowest BCUT2D eigenvalue weighted by atomic mass is 10.0. The van der Waals surface area contributed by atoms with Gasteiger partial charge in [-0.15, -0.1) is 5.10 Å². The fourth-order valence-corrected chi connectivity index (χ4v) is 5.65. The summed E-state index contributed by atoms with van der Waals surface area (Å²) < 4.78 is 66.2. The van der Waals surface area contributed by atoms with Crippen LogP contribution in [-0.2, 0) is 22.7 Å². The summed E-state index contributed by atoms with van der Waals surface area (Å²) >= 11 is 5.95. The van der Waals surface area contributed by atoms with E-state index in [-0.39, 0.29) is 46.9 Å². The van der Waals surface area contributed by atoms with Crippen LogP contribution in [0.1, 0.15) is 24.0 Å². The number of nitrogens with zero attached hydrogens (tertiary/aromatic N) is 4. The summed E-state index contributed by atoms with van der Waals surface area (Å²) in [6, 6.07) is 4.81. The molecular formula is C21H25ClF3N5O3S. The quantitative estimate of drug-likeness (QED) is 0.650. The van der Waals surface area contributed by atoms with Crippen molar-refractivity contribution in [3.8, 4) is 0 Å². The van der Waals surface area contributed by atoms with Crippen LogP contribution in [0.25, 0.3) is 0 Å². The van der Waals surface area contributed by atoms with Crippen molar-refractivity contribution in [3.05, 3.63) is 46.6 Å². The van der Waals surface area contributed by atoms with E-state index in [1.54, 1.807) is 4.90 Å². The largest absolute Gasteiger partial charge is 0.416 e. The van der Waals surface area contributed by atoms with Crippen molar-refractivity contribution in [2.75, 3.05) is 31.1 Å². The Morgan fingerprint density at radius 1 is 1.24 bits per heavy atom. The number of aromatic nitrogens is 2. The van der Waals surface area contributed by atoms with Crippen LogP contribution in [0.4, 0.5) is 23.8 Å². The van der Waals surface area contributed by atoms with Crippen molar-refractivity contribution in [3.63, 3.8) is 0 Å². The first-order valence-electron chi connectivity index (χ1n) is 10.7. The Morgan fingerprint density at radius 2 is 1.88 bits per heavy atom. The fraction of sp³-hybridized carbons (Fsp3) is 0.524. The Bertz CT molecular complexity index is 1170. The van der Waals surface area contributed by atoms with E-state index in [0.717, 1.165) is 29.8 Å². The number of sulfonamides is 1. The van der Waals surface area contributed by atoms with Gasteiger partial charge in [-0.1, -0.05) is 11.6 Å². The van der Waals surface area contributed by atoms with Gasteiger partial charge in [0.1, 0.15) is 0 Å². The molecule has 0 bridgehead atoms. The zero-order valence-corrected chi connectivity index (χ0v) is 20.2. The lowest BCUT2D eigenvalue weighted by Gasteiger charge is -2.27. The van der Waals surface area contributed by atoms with Gasteiger partial charge in [-0.3, -0.25) is 9.62 Å².